The molecule has 0 spiro atoms. The molecule has 2 nitrogen and oxygen atoms in total. The number of benzene rings is 1. The van der Waals surface area contributed by atoms with E-state index >= 15 is 0 Å². The molecule has 0 bridgehead atoms. The van der Waals surface area contributed by atoms with Crippen molar-refractivity contribution in [2.45, 2.75) is 6.92 Å². The van der Waals surface area contributed by atoms with Gasteiger partial charge in [-0.2, -0.15) is 4.89 Å². The van der Waals surface area contributed by atoms with Crippen molar-refractivity contribution in [1.82, 2.24) is 0 Å². The molecule has 0 unspecified atom stereocenters. The van der Waals surface area contributed by atoms with Gasteiger partial charge in [0.25, 0.3) is 0 Å². The zero-order valence-electron chi connectivity index (χ0n) is 6.51. The summed E-state index contributed by atoms with van der Waals surface area (Å²) < 4.78 is 0. The maximum Gasteiger partial charge on any atom is 0.184 e. The van der Waals surface area contributed by atoms with Crippen molar-refractivity contribution in [2.75, 3.05) is 6.61 Å². The highest BCUT2D eigenvalue weighted by atomic mass is 35.5. The molecule has 12 heavy (non-hydrogen) atoms. The maximum atomic E-state index is 5.78. The molecule has 4 heteroatoms. The van der Waals surface area contributed by atoms with Crippen molar-refractivity contribution in [3.8, 4) is 5.75 Å². The van der Waals surface area contributed by atoms with E-state index in [4.69, 9.17) is 33.0 Å². The van der Waals surface area contributed by atoms with Crippen LogP contribution in [-0.4, -0.2) is 6.61 Å². The Kier molecular flexibility index (Phi) is 3.66. The van der Waals surface area contributed by atoms with Crippen LogP contribution in [0.25, 0.3) is 0 Å². The number of rotatable bonds is 3. The van der Waals surface area contributed by atoms with E-state index in [0.29, 0.717) is 22.4 Å². The van der Waals surface area contributed by atoms with E-state index in [9.17, 15) is 0 Å². The van der Waals surface area contributed by atoms with Gasteiger partial charge in [0, 0.05) is 5.02 Å². The van der Waals surface area contributed by atoms with Crippen molar-refractivity contribution < 1.29 is 9.78 Å². The predicted molar refractivity (Wildman–Crippen MR) is 48.7 cm³/mol. The third kappa shape index (κ3) is 2.55. The molecular weight excluding hydrogens is 199 g/mol. The van der Waals surface area contributed by atoms with Crippen LogP contribution in [0.15, 0.2) is 18.2 Å². The van der Waals surface area contributed by atoms with Crippen molar-refractivity contribution in [1.29, 1.82) is 0 Å². The van der Waals surface area contributed by atoms with E-state index in [1.54, 1.807) is 18.2 Å². The van der Waals surface area contributed by atoms with E-state index in [1.807, 2.05) is 6.92 Å². The van der Waals surface area contributed by atoms with Crippen LogP contribution in [0.5, 0.6) is 5.75 Å². The van der Waals surface area contributed by atoms with Gasteiger partial charge in [0.2, 0.25) is 0 Å². The zero-order valence-corrected chi connectivity index (χ0v) is 8.02. The number of halogens is 2. The molecule has 0 aliphatic rings. The van der Waals surface area contributed by atoms with Gasteiger partial charge in [-0.3, -0.25) is 0 Å². The lowest BCUT2D eigenvalue weighted by molar-refractivity contribution is -0.202. The summed E-state index contributed by atoms with van der Waals surface area (Å²) in [4.78, 5) is 9.56. The maximum absolute atomic E-state index is 5.78. The molecule has 0 saturated heterocycles. The molecule has 0 radical (unpaired) electrons. The van der Waals surface area contributed by atoms with Crippen molar-refractivity contribution in [2.24, 2.45) is 0 Å². The van der Waals surface area contributed by atoms with E-state index in [0.717, 1.165) is 0 Å². The Hall–Kier alpha value is -0.440. The minimum absolute atomic E-state index is 0.441. The van der Waals surface area contributed by atoms with Gasteiger partial charge in [-0.1, -0.05) is 23.2 Å². The standard InChI is InChI=1S/C8H8Cl2O2/c1-2-11-12-8-4-3-6(9)5-7(8)10/h3-5H,2H2,1H3. The Bertz CT molecular complexity index is 263. The number of hydrogen-bond acceptors (Lipinski definition) is 2. The Morgan fingerprint density at radius 1 is 1.33 bits per heavy atom. The Morgan fingerprint density at radius 2 is 2.08 bits per heavy atom. The first-order chi connectivity index (χ1) is 5.74. The van der Waals surface area contributed by atoms with Crippen molar-refractivity contribution in [3.05, 3.63) is 28.2 Å². The monoisotopic (exact) mass is 206 g/mol. The van der Waals surface area contributed by atoms with Crippen LogP contribution >= 0.6 is 23.2 Å². The average Bonchev–Trinajstić information content (AvgIpc) is 2.03. The summed E-state index contributed by atoms with van der Waals surface area (Å²) in [6.07, 6.45) is 0. The van der Waals surface area contributed by atoms with E-state index in [2.05, 4.69) is 0 Å². The second-order valence-electron chi connectivity index (χ2n) is 2.06. The molecular formula is C8H8Cl2O2. The van der Waals surface area contributed by atoms with Crippen LogP contribution in [0.2, 0.25) is 10.0 Å². The van der Waals surface area contributed by atoms with Crippen molar-refractivity contribution >= 4 is 23.2 Å². The van der Waals surface area contributed by atoms with Crippen LogP contribution in [0.3, 0.4) is 0 Å². The molecule has 0 amide bonds. The Balaban J connectivity index is 2.72. The molecule has 0 saturated carbocycles. The van der Waals surface area contributed by atoms with Gasteiger partial charge in [0.05, 0.1) is 11.6 Å². The van der Waals surface area contributed by atoms with Crippen LogP contribution in [0.1, 0.15) is 6.92 Å². The predicted octanol–water partition coefficient (Wildman–Crippen LogP) is 3.32. The first kappa shape index (κ1) is 9.65. The van der Waals surface area contributed by atoms with E-state index in [1.165, 1.54) is 0 Å². The summed E-state index contributed by atoms with van der Waals surface area (Å²) >= 11 is 11.4. The van der Waals surface area contributed by atoms with Gasteiger partial charge < -0.3 is 4.89 Å². The lowest BCUT2D eigenvalue weighted by Crippen LogP contribution is -1.95. The molecule has 1 rings (SSSR count). The van der Waals surface area contributed by atoms with Gasteiger partial charge in [0.15, 0.2) is 5.75 Å². The second-order valence-corrected chi connectivity index (χ2v) is 2.91. The molecule has 0 fully saturated rings. The topological polar surface area (TPSA) is 18.5 Å². The normalized spacial score (nSPS) is 9.92. The third-order valence-corrected chi connectivity index (χ3v) is 1.69. The van der Waals surface area contributed by atoms with Crippen LogP contribution in [0.4, 0.5) is 0 Å². The van der Waals surface area contributed by atoms with Gasteiger partial charge in [-0.25, -0.2) is 0 Å². The lowest BCUT2D eigenvalue weighted by atomic mass is 10.3. The molecule has 0 aliphatic carbocycles. The van der Waals surface area contributed by atoms with Gasteiger partial charge in [-0.05, 0) is 25.1 Å². The summed E-state index contributed by atoms with van der Waals surface area (Å²) in [7, 11) is 0. The van der Waals surface area contributed by atoms with E-state index < -0.39 is 0 Å². The molecule has 1 aromatic carbocycles. The largest absolute Gasteiger partial charge is 0.336 e. The average molecular weight is 207 g/mol. The summed E-state index contributed by atoms with van der Waals surface area (Å²) in [6, 6.07) is 4.93. The summed E-state index contributed by atoms with van der Waals surface area (Å²) in [5, 5.41) is 1.01. The fourth-order valence-electron chi connectivity index (χ4n) is 0.665. The first-order valence-electron chi connectivity index (χ1n) is 3.48. The van der Waals surface area contributed by atoms with Crippen LogP contribution in [0, 0.1) is 0 Å². The van der Waals surface area contributed by atoms with Crippen molar-refractivity contribution in [3.63, 3.8) is 0 Å². The number of hydrogen-bond donors (Lipinski definition) is 0. The molecule has 0 heterocycles. The second kappa shape index (κ2) is 4.55. The fraction of sp³-hybridized carbons (Fsp3) is 0.250. The molecule has 0 aromatic heterocycles. The minimum Gasteiger partial charge on any atom is -0.336 e. The smallest absolute Gasteiger partial charge is 0.184 e. The highest BCUT2D eigenvalue weighted by Gasteiger charge is 2.01. The van der Waals surface area contributed by atoms with Crippen LogP contribution < -0.4 is 4.89 Å². The highest BCUT2D eigenvalue weighted by Crippen LogP contribution is 2.27. The molecule has 1 aromatic rings. The quantitative estimate of drug-likeness (QED) is 0.559. The molecule has 0 atom stereocenters. The SMILES string of the molecule is CCOOc1ccc(Cl)cc1Cl. The highest BCUT2D eigenvalue weighted by molar-refractivity contribution is 6.35. The zero-order chi connectivity index (χ0) is 8.97. The van der Waals surface area contributed by atoms with Gasteiger partial charge >= 0.3 is 0 Å². The first-order valence-corrected chi connectivity index (χ1v) is 4.24. The van der Waals surface area contributed by atoms with Gasteiger partial charge in [0.1, 0.15) is 0 Å². The Morgan fingerprint density at radius 3 is 2.67 bits per heavy atom. The molecule has 66 valence electrons. The summed E-state index contributed by atoms with van der Waals surface area (Å²) in [5.41, 5.74) is 0. The summed E-state index contributed by atoms with van der Waals surface area (Å²) in [6.45, 7) is 2.29. The van der Waals surface area contributed by atoms with Crippen LogP contribution in [-0.2, 0) is 4.89 Å². The molecule has 0 aliphatic heterocycles. The summed E-state index contributed by atoms with van der Waals surface area (Å²) in [5.74, 6) is 0.475. The van der Waals surface area contributed by atoms with E-state index in [-0.39, 0.29) is 0 Å². The van der Waals surface area contributed by atoms with Gasteiger partial charge in [-0.15, -0.1) is 0 Å². The third-order valence-electron chi connectivity index (χ3n) is 1.16. The minimum atomic E-state index is 0.441. The Labute approximate surface area is 80.9 Å². The fourth-order valence-corrected chi connectivity index (χ4v) is 1.11. The lowest BCUT2D eigenvalue weighted by Gasteiger charge is -2.04. The molecule has 0 N–H and O–H groups in total.